The molecule has 1 atom stereocenters. The van der Waals surface area contributed by atoms with E-state index < -0.39 is 20.6 Å². The molecule has 1 amide bonds. The lowest BCUT2D eigenvalue weighted by atomic mass is 10.1. The van der Waals surface area contributed by atoms with Crippen molar-refractivity contribution < 1.29 is 17.9 Å². The van der Waals surface area contributed by atoms with Gasteiger partial charge >= 0.3 is 0 Å². The van der Waals surface area contributed by atoms with E-state index in [0.717, 1.165) is 0 Å². The van der Waals surface area contributed by atoms with Crippen molar-refractivity contribution in [3.05, 3.63) is 84.7 Å². The Labute approximate surface area is 162 Å². The molecule has 0 aliphatic carbocycles. The normalized spacial score (nSPS) is 13.5. The summed E-state index contributed by atoms with van der Waals surface area (Å²) in [4.78, 5) is 13.5. The Hall–Kier alpha value is -3.23. The number of rotatable bonds is 7. The summed E-state index contributed by atoms with van der Waals surface area (Å²) < 4.78 is 31.8. The molecule has 0 aliphatic heterocycles. The van der Waals surface area contributed by atoms with Crippen LogP contribution in [-0.2, 0) is 21.1 Å². The summed E-state index contributed by atoms with van der Waals surface area (Å²) in [6.45, 7) is 0. The van der Waals surface area contributed by atoms with Gasteiger partial charge in [0.05, 0.1) is 4.90 Å². The fraction of sp³-hybridized carbons (Fsp3) is 0.100. The van der Waals surface area contributed by atoms with Crippen molar-refractivity contribution in [2.24, 2.45) is 11.5 Å². The lowest BCUT2D eigenvalue weighted by molar-refractivity contribution is -0.120. The first-order valence-electron chi connectivity index (χ1n) is 8.38. The van der Waals surface area contributed by atoms with Gasteiger partial charge in [0.25, 0.3) is 5.91 Å². The van der Waals surface area contributed by atoms with Crippen LogP contribution in [0.1, 0.15) is 5.56 Å². The molecule has 0 radical (unpaired) electrons. The number of pyridine rings is 1. The van der Waals surface area contributed by atoms with Crippen LogP contribution in [0.15, 0.2) is 84.0 Å². The Morgan fingerprint density at radius 1 is 0.964 bits per heavy atom. The topological polar surface area (TPSA) is 125 Å². The number of primary amides is 1. The van der Waals surface area contributed by atoms with Crippen molar-refractivity contribution in [3.63, 3.8) is 0 Å². The highest BCUT2D eigenvalue weighted by Gasteiger charge is 2.47. The molecule has 2 aromatic carbocycles. The van der Waals surface area contributed by atoms with Gasteiger partial charge in [-0.3, -0.25) is 9.78 Å². The molecule has 1 aromatic heterocycles. The molecule has 144 valence electrons. The number of carbonyl (C=O) groups is 1. The number of aromatic nitrogens is 1. The van der Waals surface area contributed by atoms with Crippen molar-refractivity contribution in [1.29, 1.82) is 0 Å². The van der Waals surface area contributed by atoms with Crippen LogP contribution in [0, 0.1) is 0 Å². The average molecular weight is 397 g/mol. The monoisotopic (exact) mass is 397 g/mol. The van der Waals surface area contributed by atoms with E-state index in [-0.39, 0.29) is 11.3 Å². The Kier molecular flexibility index (Phi) is 5.43. The van der Waals surface area contributed by atoms with Crippen LogP contribution < -0.4 is 16.2 Å². The molecule has 0 saturated carbocycles. The number of hydrogen-bond donors (Lipinski definition) is 2. The van der Waals surface area contributed by atoms with Crippen LogP contribution in [0.25, 0.3) is 0 Å². The van der Waals surface area contributed by atoms with E-state index >= 15 is 0 Å². The molecule has 3 aromatic rings. The fourth-order valence-electron chi connectivity index (χ4n) is 2.64. The fourth-order valence-corrected chi connectivity index (χ4v) is 4.18. The van der Waals surface area contributed by atoms with Gasteiger partial charge in [-0.15, -0.1) is 0 Å². The van der Waals surface area contributed by atoms with Gasteiger partial charge in [0.15, 0.2) is 0 Å². The van der Waals surface area contributed by atoms with Crippen LogP contribution >= 0.6 is 0 Å². The molecular weight excluding hydrogens is 378 g/mol. The number of benzene rings is 2. The molecule has 0 aliphatic rings. The summed E-state index contributed by atoms with van der Waals surface area (Å²) in [5.41, 5.74) is 11.9. The smallest absolute Gasteiger partial charge is 0.253 e. The molecule has 0 fully saturated rings. The molecule has 3 rings (SSSR count). The minimum atomic E-state index is -4.27. The lowest BCUT2D eigenvalue weighted by Gasteiger charge is -2.26. The highest BCUT2D eigenvalue weighted by atomic mass is 32.2. The summed E-state index contributed by atoms with van der Waals surface area (Å²) in [5.74, 6) is -0.0833. The second-order valence-corrected chi connectivity index (χ2v) is 8.39. The summed E-state index contributed by atoms with van der Waals surface area (Å²) in [5, 5.41) is 0. The average Bonchev–Trinajstić information content (AvgIpc) is 2.69. The van der Waals surface area contributed by atoms with E-state index in [1.54, 1.807) is 24.3 Å². The van der Waals surface area contributed by atoms with Gasteiger partial charge in [-0.05, 0) is 48.0 Å². The molecular formula is C20H19N3O4S. The zero-order chi connectivity index (χ0) is 20.2. The maximum Gasteiger partial charge on any atom is 0.253 e. The molecule has 28 heavy (non-hydrogen) atoms. The largest absolute Gasteiger partial charge is 0.457 e. The van der Waals surface area contributed by atoms with E-state index in [2.05, 4.69) is 4.98 Å². The number of para-hydroxylation sites is 1. The first-order chi connectivity index (χ1) is 13.3. The van der Waals surface area contributed by atoms with Gasteiger partial charge in [-0.2, -0.15) is 0 Å². The number of amides is 1. The van der Waals surface area contributed by atoms with Crippen LogP contribution in [0.3, 0.4) is 0 Å². The maximum atomic E-state index is 13.1. The maximum absolute atomic E-state index is 13.1. The van der Waals surface area contributed by atoms with Crippen LogP contribution in [0.4, 0.5) is 0 Å². The third-order valence-corrected chi connectivity index (χ3v) is 6.40. The molecule has 1 heterocycles. The number of ether oxygens (including phenoxy) is 1. The Morgan fingerprint density at radius 3 is 2.18 bits per heavy atom. The predicted octanol–water partition coefficient (Wildman–Crippen LogP) is 2.03. The molecule has 0 unspecified atom stereocenters. The first kappa shape index (κ1) is 19.5. The summed E-state index contributed by atoms with van der Waals surface area (Å²) >= 11 is 0. The number of nitrogens with two attached hydrogens (primary N) is 2. The summed E-state index contributed by atoms with van der Waals surface area (Å²) in [6, 6.07) is 18.0. The predicted molar refractivity (Wildman–Crippen MR) is 104 cm³/mol. The number of hydrogen-bond acceptors (Lipinski definition) is 6. The van der Waals surface area contributed by atoms with Crippen molar-refractivity contribution in [3.8, 4) is 11.5 Å². The third-order valence-electron chi connectivity index (χ3n) is 4.20. The highest BCUT2D eigenvalue weighted by molar-refractivity contribution is 7.93. The van der Waals surface area contributed by atoms with Crippen molar-refractivity contribution in [1.82, 2.24) is 4.98 Å². The molecule has 4 N–H and O–H groups in total. The van der Waals surface area contributed by atoms with E-state index in [1.165, 1.54) is 36.7 Å². The van der Waals surface area contributed by atoms with E-state index in [9.17, 15) is 13.2 Å². The van der Waals surface area contributed by atoms with Gasteiger partial charge in [0.2, 0.25) is 14.7 Å². The van der Waals surface area contributed by atoms with Crippen LogP contribution in [0.2, 0.25) is 0 Å². The van der Waals surface area contributed by atoms with E-state index in [0.29, 0.717) is 17.1 Å². The second kappa shape index (κ2) is 7.79. The number of carbonyl (C=O) groups excluding carboxylic acids is 1. The van der Waals surface area contributed by atoms with Gasteiger partial charge in [-0.1, -0.05) is 24.3 Å². The third kappa shape index (κ3) is 3.88. The number of nitrogens with zero attached hydrogens (tertiary/aromatic N) is 1. The zero-order valence-electron chi connectivity index (χ0n) is 14.9. The van der Waals surface area contributed by atoms with Crippen LogP contribution in [0.5, 0.6) is 11.5 Å². The zero-order valence-corrected chi connectivity index (χ0v) is 15.7. The second-order valence-electron chi connectivity index (χ2n) is 6.18. The van der Waals surface area contributed by atoms with E-state index in [4.69, 9.17) is 16.2 Å². The summed E-state index contributed by atoms with van der Waals surface area (Å²) in [7, 11) is -4.27. The quantitative estimate of drug-likeness (QED) is 0.628. The lowest BCUT2D eigenvalue weighted by Crippen LogP contribution is -2.59. The van der Waals surface area contributed by atoms with Gasteiger partial charge < -0.3 is 16.2 Å². The number of sulfone groups is 1. The highest BCUT2D eigenvalue weighted by Crippen LogP contribution is 2.28. The van der Waals surface area contributed by atoms with Gasteiger partial charge in [0.1, 0.15) is 11.5 Å². The molecule has 0 bridgehead atoms. The van der Waals surface area contributed by atoms with Gasteiger partial charge in [-0.25, -0.2) is 8.42 Å². The summed E-state index contributed by atoms with van der Waals surface area (Å²) in [6.07, 6.45) is 2.68. The van der Waals surface area contributed by atoms with Gasteiger partial charge in [0, 0.05) is 18.8 Å². The Morgan fingerprint density at radius 2 is 1.61 bits per heavy atom. The molecule has 0 spiro atoms. The molecule has 7 nitrogen and oxygen atoms in total. The molecule has 8 heteroatoms. The minimum Gasteiger partial charge on any atom is -0.457 e. The van der Waals surface area contributed by atoms with Crippen molar-refractivity contribution in [2.45, 2.75) is 16.2 Å². The Balaban J connectivity index is 1.90. The first-order valence-corrected chi connectivity index (χ1v) is 9.86. The van der Waals surface area contributed by atoms with Crippen LogP contribution in [-0.4, -0.2) is 24.2 Å². The van der Waals surface area contributed by atoms with Crippen molar-refractivity contribution in [2.75, 3.05) is 0 Å². The van der Waals surface area contributed by atoms with E-state index in [1.807, 2.05) is 18.2 Å². The molecule has 0 saturated heterocycles. The van der Waals surface area contributed by atoms with Crippen molar-refractivity contribution >= 4 is 15.7 Å². The minimum absolute atomic E-state index is 0.127. The SMILES string of the molecule is NC(=O)[C@](N)(Cc1cccnc1)S(=O)(=O)c1ccc(Oc2ccccc2)cc1. The standard InChI is InChI=1S/C20H19N3O4S/c21-19(24)20(22,13-15-5-4-12-23-14-15)28(25,26)18-10-8-17(9-11-18)27-16-6-2-1-3-7-16/h1-12,14H,13,22H2,(H2,21,24)/t20-/m0/s1. The Bertz CT molecular complexity index is 1060.